The highest BCUT2D eigenvalue weighted by Gasteiger charge is 2.16. The van der Waals surface area contributed by atoms with E-state index >= 15 is 0 Å². The molecule has 0 saturated carbocycles. The molecule has 33 heavy (non-hydrogen) atoms. The van der Waals surface area contributed by atoms with Crippen LogP contribution in [0.4, 0.5) is 8.78 Å². The number of aryl methyl sites for hydroxylation is 3. The molecule has 0 radical (unpaired) electrons. The highest BCUT2D eigenvalue weighted by molar-refractivity contribution is 5.90. The molecule has 5 rings (SSSR count). The first kappa shape index (κ1) is 22.9. The van der Waals surface area contributed by atoms with Crippen LogP contribution in [-0.4, -0.2) is 26.5 Å². The van der Waals surface area contributed by atoms with E-state index in [1.165, 1.54) is 36.9 Å². The molecule has 1 unspecified atom stereocenters. The molecule has 4 heterocycles. The Morgan fingerprint density at radius 1 is 0.939 bits per heavy atom. The monoisotopic (exact) mass is 448 g/mol. The Kier molecular flexibility index (Phi) is 6.99. The standard InChI is InChI=1S/C15H11F2N3.C11H15NO/c1-8-5-12-14(11-4-3-10(16)6-13(11)17)18-7-19-15(12)20-9(8)2;1-9-8-10(5-6-12-9)11-4-2-3-7-13-11/h3-7H,1-2H3;5-6,8,11H,2-4,7H2,1H3. The van der Waals surface area contributed by atoms with E-state index in [9.17, 15) is 8.78 Å². The van der Waals surface area contributed by atoms with Crippen LogP contribution < -0.4 is 0 Å². The highest BCUT2D eigenvalue weighted by Crippen LogP contribution is 2.29. The molecule has 0 bridgehead atoms. The summed E-state index contributed by atoms with van der Waals surface area (Å²) in [5.74, 6) is -1.27. The minimum absolute atomic E-state index is 0.240. The summed E-state index contributed by atoms with van der Waals surface area (Å²) >= 11 is 0. The van der Waals surface area contributed by atoms with Crippen LogP contribution in [0, 0.1) is 32.4 Å². The van der Waals surface area contributed by atoms with Gasteiger partial charge in [-0.3, -0.25) is 4.98 Å². The summed E-state index contributed by atoms with van der Waals surface area (Å²) in [5.41, 5.74) is 5.35. The minimum atomic E-state index is -0.650. The summed E-state index contributed by atoms with van der Waals surface area (Å²) in [6.45, 7) is 6.73. The van der Waals surface area contributed by atoms with Crippen LogP contribution in [0.25, 0.3) is 22.3 Å². The van der Waals surface area contributed by atoms with Gasteiger partial charge in [0.1, 0.15) is 18.0 Å². The number of benzene rings is 1. The number of hydrogen-bond donors (Lipinski definition) is 0. The second-order valence-corrected chi connectivity index (χ2v) is 8.19. The van der Waals surface area contributed by atoms with Gasteiger partial charge in [-0.1, -0.05) is 0 Å². The molecule has 1 aliphatic rings. The van der Waals surface area contributed by atoms with Gasteiger partial charge in [0.2, 0.25) is 0 Å². The molecule has 5 nitrogen and oxygen atoms in total. The Balaban J connectivity index is 0.000000172. The number of ether oxygens (including phenoxy) is 1. The third kappa shape index (κ3) is 5.37. The third-order valence-corrected chi connectivity index (χ3v) is 5.73. The molecular weight excluding hydrogens is 422 g/mol. The predicted molar refractivity (Wildman–Crippen MR) is 124 cm³/mol. The lowest BCUT2D eigenvalue weighted by atomic mass is 10.0. The van der Waals surface area contributed by atoms with Gasteiger partial charge in [-0.25, -0.2) is 23.7 Å². The van der Waals surface area contributed by atoms with Crippen LogP contribution in [0.3, 0.4) is 0 Å². The molecule has 1 saturated heterocycles. The van der Waals surface area contributed by atoms with Crippen molar-refractivity contribution >= 4 is 11.0 Å². The van der Waals surface area contributed by atoms with Gasteiger partial charge in [-0.2, -0.15) is 0 Å². The smallest absolute Gasteiger partial charge is 0.163 e. The number of pyridine rings is 2. The van der Waals surface area contributed by atoms with Gasteiger partial charge in [-0.05, 0) is 81.5 Å². The van der Waals surface area contributed by atoms with Crippen molar-refractivity contribution in [2.75, 3.05) is 6.61 Å². The van der Waals surface area contributed by atoms with Crippen LogP contribution >= 0.6 is 0 Å². The fraction of sp³-hybridized carbons (Fsp3) is 0.308. The first-order valence-electron chi connectivity index (χ1n) is 11.0. The molecule has 3 aromatic heterocycles. The van der Waals surface area contributed by atoms with E-state index in [2.05, 4.69) is 32.1 Å². The Labute approximate surface area is 191 Å². The zero-order valence-corrected chi connectivity index (χ0v) is 19.0. The molecule has 1 aromatic carbocycles. The maximum absolute atomic E-state index is 13.9. The van der Waals surface area contributed by atoms with Gasteiger partial charge < -0.3 is 4.74 Å². The highest BCUT2D eigenvalue weighted by atomic mass is 19.1. The third-order valence-electron chi connectivity index (χ3n) is 5.73. The second kappa shape index (κ2) is 10.1. The maximum atomic E-state index is 13.9. The van der Waals surface area contributed by atoms with Gasteiger partial charge in [-0.15, -0.1) is 0 Å². The van der Waals surface area contributed by atoms with Crippen LogP contribution in [0.1, 0.15) is 47.9 Å². The van der Waals surface area contributed by atoms with Crippen molar-refractivity contribution in [1.82, 2.24) is 19.9 Å². The van der Waals surface area contributed by atoms with Gasteiger partial charge in [0.25, 0.3) is 0 Å². The van der Waals surface area contributed by atoms with Gasteiger partial charge in [0.05, 0.1) is 11.8 Å². The Morgan fingerprint density at radius 3 is 2.52 bits per heavy atom. The molecule has 0 aliphatic carbocycles. The van der Waals surface area contributed by atoms with Crippen molar-refractivity contribution in [1.29, 1.82) is 0 Å². The zero-order valence-electron chi connectivity index (χ0n) is 19.0. The quantitative estimate of drug-likeness (QED) is 0.364. The largest absolute Gasteiger partial charge is 0.374 e. The van der Waals surface area contributed by atoms with Crippen molar-refractivity contribution in [2.45, 2.75) is 46.1 Å². The Hall–Kier alpha value is -3.32. The van der Waals surface area contributed by atoms with Crippen LogP contribution in [0.2, 0.25) is 0 Å². The fourth-order valence-electron chi connectivity index (χ4n) is 3.84. The summed E-state index contributed by atoms with van der Waals surface area (Å²) < 4.78 is 32.6. The average molecular weight is 449 g/mol. The maximum Gasteiger partial charge on any atom is 0.163 e. The molecule has 1 fully saturated rings. The Morgan fingerprint density at radius 2 is 1.79 bits per heavy atom. The summed E-state index contributed by atoms with van der Waals surface area (Å²) in [5, 5.41) is 0.654. The lowest BCUT2D eigenvalue weighted by Gasteiger charge is -2.22. The van der Waals surface area contributed by atoms with E-state index in [0.29, 0.717) is 22.8 Å². The number of aromatic nitrogens is 4. The molecule has 0 spiro atoms. The van der Waals surface area contributed by atoms with Crippen molar-refractivity contribution in [3.63, 3.8) is 0 Å². The summed E-state index contributed by atoms with van der Waals surface area (Å²) in [6, 6.07) is 9.48. The van der Waals surface area contributed by atoms with Crippen molar-refractivity contribution < 1.29 is 13.5 Å². The van der Waals surface area contributed by atoms with E-state index < -0.39 is 11.6 Å². The van der Waals surface area contributed by atoms with Crippen LogP contribution in [0.15, 0.2) is 48.9 Å². The van der Waals surface area contributed by atoms with Crippen molar-refractivity contribution in [3.8, 4) is 11.3 Å². The number of rotatable bonds is 2. The van der Waals surface area contributed by atoms with E-state index in [0.717, 1.165) is 36.0 Å². The molecule has 0 amide bonds. The molecule has 170 valence electrons. The SMILES string of the molecule is Cc1cc(C2CCCCO2)ccn1.Cc1cc2c(-c3ccc(F)cc3F)ncnc2nc1C. The molecule has 4 aromatic rings. The van der Waals surface area contributed by atoms with Gasteiger partial charge in [0, 0.05) is 41.2 Å². The van der Waals surface area contributed by atoms with Crippen molar-refractivity contribution in [3.05, 3.63) is 83.1 Å². The number of nitrogens with zero attached hydrogens (tertiary/aromatic N) is 4. The summed E-state index contributed by atoms with van der Waals surface area (Å²) in [4.78, 5) is 16.8. The lowest BCUT2D eigenvalue weighted by molar-refractivity contribution is 0.0149. The molecule has 0 N–H and O–H groups in total. The molecule has 1 atom stereocenters. The van der Waals surface area contributed by atoms with Crippen LogP contribution in [0.5, 0.6) is 0 Å². The van der Waals surface area contributed by atoms with Crippen molar-refractivity contribution in [2.24, 2.45) is 0 Å². The van der Waals surface area contributed by atoms with Gasteiger partial charge in [0.15, 0.2) is 5.65 Å². The molecule has 1 aliphatic heterocycles. The number of fused-ring (bicyclic) bond motifs is 1. The summed E-state index contributed by atoms with van der Waals surface area (Å²) in [7, 11) is 0. The predicted octanol–water partition coefficient (Wildman–Crippen LogP) is 6.22. The fourth-order valence-corrected chi connectivity index (χ4v) is 3.84. The average Bonchev–Trinajstić information content (AvgIpc) is 2.81. The minimum Gasteiger partial charge on any atom is -0.374 e. The topological polar surface area (TPSA) is 60.8 Å². The molecule has 7 heteroatoms. The normalized spacial score (nSPS) is 15.7. The lowest BCUT2D eigenvalue weighted by Crippen LogP contribution is -2.11. The first-order chi connectivity index (χ1) is 15.9. The van der Waals surface area contributed by atoms with E-state index in [1.807, 2.05) is 33.0 Å². The number of hydrogen-bond acceptors (Lipinski definition) is 5. The van der Waals surface area contributed by atoms with Crippen LogP contribution in [-0.2, 0) is 4.74 Å². The first-order valence-corrected chi connectivity index (χ1v) is 11.0. The second-order valence-electron chi connectivity index (χ2n) is 8.19. The van der Waals surface area contributed by atoms with Gasteiger partial charge >= 0.3 is 0 Å². The molecular formula is C26H26F2N4O. The van der Waals surface area contributed by atoms with E-state index in [-0.39, 0.29) is 5.56 Å². The zero-order chi connectivity index (χ0) is 23.4. The van der Waals surface area contributed by atoms with E-state index in [4.69, 9.17) is 4.74 Å². The summed E-state index contributed by atoms with van der Waals surface area (Å²) in [6.07, 6.45) is 7.16. The Bertz CT molecular complexity index is 1270. The number of halogens is 2. The van der Waals surface area contributed by atoms with E-state index in [1.54, 1.807) is 0 Å².